The van der Waals surface area contributed by atoms with Crippen LogP contribution < -0.4 is 14.8 Å². The lowest BCUT2D eigenvalue weighted by Gasteiger charge is -2.24. The molecule has 4 nitrogen and oxygen atoms in total. The zero-order chi connectivity index (χ0) is 17.9. The lowest BCUT2D eigenvalue weighted by Crippen LogP contribution is -2.32. The normalized spacial score (nSPS) is 16.5. The molecule has 0 radical (unpaired) electrons. The van der Waals surface area contributed by atoms with Crippen LogP contribution in [0.25, 0.3) is 0 Å². The van der Waals surface area contributed by atoms with Crippen molar-refractivity contribution < 1.29 is 27.4 Å². The van der Waals surface area contributed by atoms with Gasteiger partial charge in [0.2, 0.25) is 5.91 Å². The van der Waals surface area contributed by atoms with E-state index in [1.807, 2.05) is 24.3 Å². The van der Waals surface area contributed by atoms with Crippen molar-refractivity contribution in [1.29, 1.82) is 0 Å². The number of para-hydroxylation sites is 1. The van der Waals surface area contributed by atoms with Gasteiger partial charge in [0.15, 0.2) is 6.61 Å². The molecule has 132 valence electrons. The van der Waals surface area contributed by atoms with E-state index in [9.17, 15) is 18.0 Å². The number of alkyl halides is 3. The van der Waals surface area contributed by atoms with Gasteiger partial charge in [-0.3, -0.25) is 4.79 Å². The summed E-state index contributed by atoms with van der Waals surface area (Å²) in [7, 11) is 0. The first-order valence-electron chi connectivity index (χ1n) is 7.72. The van der Waals surface area contributed by atoms with Crippen LogP contribution in [0.15, 0.2) is 48.5 Å². The summed E-state index contributed by atoms with van der Waals surface area (Å²) >= 11 is 0. The third kappa shape index (κ3) is 4.65. The zero-order valence-electron chi connectivity index (χ0n) is 13.2. The lowest BCUT2D eigenvalue weighted by atomic mass is 9.96. The molecule has 0 aliphatic carbocycles. The van der Waals surface area contributed by atoms with Crippen LogP contribution in [0.5, 0.6) is 11.5 Å². The maximum atomic E-state index is 12.3. The summed E-state index contributed by atoms with van der Waals surface area (Å²) in [5, 5.41) is 2.75. The number of anilines is 1. The van der Waals surface area contributed by atoms with Gasteiger partial charge in [-0.2, -0.15) is 13.2 Å². The molecule has 2 aromatic carbocycles. The highest BCUT2D eigenvalue weighted by molar-refractivity contribution is 5.93. The van der Waals surface area contributed by atoms with Gasteiger partial charge in [0.25, 0.3) is 0 Å². The number of hydrogen-bond acceptors (Lipinski definition) is 3. The van der Waals surface area contributed by atoms with Crippen molar-refractivity contribution in [3.63, 3.8) is 0 Å². The fraction of sp³-hybridized carbons (Fsp3) is 0.278. The molecule has 0 saturated heterocycles. The number of rotatable bonds is 4. The van der Waals surface area contributed by atoms with Crippen molar-refractivity contribution in [1.82, 2.24) is 0 Å². The molecule has 1 heterocycles. The Kier molecular flexibility index (Phi) is 4.83. The minimum Gasteiger partial charge on any atom is -0.492 e. The third-order valence-electron chi connectivity index (χ3n) is 3.77. The molecule has 1 atom stereocenters. The summed E-state index contributed by atoms with van der Waals surface area (Å²) in [5.74, 6) is 0.359. The van der Waals surface area contributed by atoms with Gasteiger partial charge in [-0.15, -0.1) is 0 Å². The minimum absolute atomic E-state index is 0.0882. The van der Waals surface area contributed by atoms with Crippen molar-refractivity contribution in [2.24, 2.45) is 5.92 Å². The first-order valence-corrected chi connectivity index (χ1v) is 7.72. The molecule has 0 aromatic heterocycles. The summed E-state index contributed by atoms with van der Waals surface area (Å²) in [6.45, 7) is -1.06. The van der Waals surface area contributed by atoms with E-state index in [0.717, 1.165) is 11.3 Å². The number of benzene rings is 2. The van der Waals surface area contributed by atoms with Crippen LogP contribution in [0.2, 0.25) is 0 Å². The molecule has 7 heteroatoms. The highest BCUT2D eigenvalue weighted by atomic mass is 19.4. The molecule has 0 spiro atoms. The Morgan fingerprint density at radius 2 is 1.88 bits per heavy atom. The smallest absolute Gasteiger partial charge is 0.422 e. The summed E-state index contributed by atoms with van der Waals surface area (Å²) < 4.78 is 46.5. The van der Waals surface area contributed by atoms with Crippen molar-refractivity contribution in [2.75, 3.05) is 18.5 Å². The van der Waals surface area contributed by atoms with E-state index in [4.69, 9.17) is 4.74 Å². The number of nitrogens with one attached hydrogen (secondary N) is 1. The van der Waals surface area contributed by atoms with Gasteiger partial charge >= 0.3 is 6.18 Å². The number of fused-ring (bicyclic) bond motifs is 1. The summed E-state index contributed by atoms with van der Waals surface area (Å²) in [4.78, 5) is 12.3. The predicted molar refractivity (Wildman–Crippen MR) is 85.8 cm³/mol. The lowest BCUT2D eigenvalue weighted by molar-refractivity contribution is -0.153. The molecular weight excluding hydrogens is 335 g/mol. The van der Waals surface area contributed by atoms with E-state index < -0.39 is 12.8 Å². The third-order valence-corrected chi connectivity index (χ3v) is 3.77. The summed E-state index contributed by atoms with van der Waals surface area (Å²) in [6, 6.07) is 13.3. The van der Waals surface area contributed by atoms with E-state index in [-0.39, 0.29) is 24.2 Å². The molecule has 0 saturated carbocycles. The molecule has 1 N–H and O–H groups in total. The van der Waals surface area contributed by atoms with E-state index >= 15 is 0 Å². The van der Waals surface area contributed by atoms with E-state index in [2.05, 4.69) is 10.1 Å². The Hall–Kier alpha value is -2.70. The maximum Gasteiger partial charge on any atom is 0.422 e. The molecular formula is C18H16F3NO3. The minimum atomic E-state index is -4.38. The average molecular weight is 351 g/mol. The van der Waals surface area contributed by atoms with Crippen molar-refractivity contribution in [2.45, 2.75) is 12.6 Å². The standard InChI is InChI=1S/C18H16F3NO3/c19-18(20,21)11-25-15-7-5-14(6-8-15)22-17(23)13-9-12-3-1-2-4-16(12)24-10-13/h1-8,13H,9-11H2,(H,22,23). The molecule has 0 fully saturated rings. The predicted octanol–water partition coefficient (Wildman–Crippen LogP) is 3.82. The monoisotopic (exact) mass is 351 g/mol. The van der Waals surface area contributed by atoms with Gasteiger partial charge in [0.1, 0.15) is 18.1 Å². The molecule has 0 bridgehead atoms. The van der Waals surface area contributed by atoms with Gasteiger partial charge in [-0.05, 0) is 42.3 Å². The number of amides is 1. The first kappa shape index (κ1) is 17.1. The van der Waals surface area contributed by atoms with Gasteiger partial charge in [0.05, 0.1) is 5.92 Å². The number of carbonyl (C=O) groups is 1. The van der Waals surface area contributed by atoms with Crippen LogP contribution >= 0.6 is 0 Å². The Morgan fingerprint density at radius 1 is 1.16 bits per heavy atom. The number of ether oxygens (including phenoxy) is 2. The van der Waals surface area contributed by atoms with Gasteiger partial charge in [-0.25, -0.2) is 0 Å². The second kappa shape index (κ2) is 7.04. The van der Waals surface area contributed by atoms with E-state index in [0.29, 0.717) is 12.1 Å². The van der Waals surface area contributed by atoms with Gasteiger partial charge in [0, 0.05) is 5.69 Å². The highest BCUT2D eigenvalue weighted by Crippen LogP contribution is 2.27. The molecule has 25 heavy (non-hydrogen) atoms. The highest BCUT2D eigenvalue weighted by Gasteiger charge is 2.28. The molecule has 1 aliphatic heterocycles. The number of carbonyl (C=O) groups excluding carboxylic acids is 1. The van der Waals surface area contributed by atoms with Crippen molar-refractivity contribution in [3.05, 3.63) is 54.1 Å². The first-order chi connectivity index (χ1) is 11.9. The quantitative estimate of drug-likeness (QED) is 0.911. The Bertz CT molecular complexity index is 744. The van der Waals surface area contributed by atoms with Crippen molar-refractivity contribution in [3.8, 4) is 11.5 Å². The Morgan fingerprint density at radius 3 is 2.60 bits per heavy atom. The van der Waals surface area contributed by atoms with Crippen molar-refractivity contribution >= 4 is 11.6 Å². The zero-order valence-corrected chi connectivity index (χ0v) is 13.2. The summed E-state index contributed by atoms with van der Waals surface area (Å²) in [6.07, 6.45) is -3.81. The molecule has 1 unspecified atom stereocenters. The van der Waals surface area contributed by atoms with Crippen LogP contribution in [0.4, 0.5) is 18.9 Å². The molecule has 1 amide bonds. The number of halogens is 3. The molecule has 1 aliphatic rings. The van der Waals surface area contributed by atoms with E-state index in [1.165, 1.54) is 24.3 Å². The van der Waals surface area contributed by atoms with Crippen LogP contribution in [-0.4, -0.2) is 25.3 Å². The largest absolute Gasteiger partial charge is 0.492 e. The second-order valence-corrected chi connectivity index (χ2v) is 5.74. The number of hydrogen-bond donors (Lipinski definition) is 1. The topological polar surface area (TPSA) is 47.6 Å². The average Bonchev–Trinajstić information content (AvgIpc) is 2.60. The fourth-order valence-corrected chi connectivity index (χ4v) is 2.54. The molecule has 3 rings (SSSR count). The summed E-state index contributed by atoms with van der Waals surface area (Å²) in [5.41, 5.74) is 1.47. The fourth-order valence-electron chi connectivity index (χ4n) is 2.54. The Labute approximate surface area is 142 Å². The van der Waals surface area contributed by atoms with Crippen LogP contribution in [0.1, 0.15) is 5.56 Å². The van der Waals surface area contributed by atoms with Crippen LogP contribution in [0.3, 0.4) is 0 Å². The maximum absolute atomic E-state index is 12.3. The van der Waals surface area contributed by atoms with Crippen LogP contribution in [-0.2, 0) is 11.2 Å². The van der Waals surface area contributed by atoms with Gasteiger partial charge < -0.3 is 14.8 Å². The SMILES string of the molecule is O=C(Nc1ccc(OCC(F)(F)F)cc1)C1COc2ccccc2C1. The van der Waals surface area contributed by atoms with Crippen LogP contribution in [0, 0.1) is 5.92 Å². The Balaban J connectivity index is 1.56. The van der Waals surface area contributed by atoms with Gasteiger partial charge in [-0.1, -0.05) is 18.2 Å². The molecule has 2 aromatic rings. The second-order valence-electron chi connectivity index (χ2n) is 5.74. The van der Waals surface area contributed by atoms with E-state index in [1.54, 1.807) is 0 Å².